The van der Waals surface area contributed by atoms with Crippen LogP contribution in [0.3, 0.4) is 0 Å². The lowest BCUT2D eigenvalue weighted by Gasteiger charge is -2.30. The highest BCUT2D eigenvalue weighted by atomic mass is 16.2. The van der Waals surface area contributed by atoms with Gasteiger partial charge >= 0.3 is 0 Å². The summed E-state index contributed by atoms with van der Waals surface area (Å²) >= 11 is 0. The Labute approximate surface area is 163 Å². The van der Waals surface area contributed by atoms with Gasteiger partial charge in [-0.05, 0) is 36.6 Å². The third-order valence-electron chi connectivity index (χ3n) is 4.62. The van der Waals surface area contributed by atoms with Crippen molar-refractivity contribution < 1.29 is 14.4 Å². The van der Waals surface area contributed by atoms with E-state index in [1.165, 1.54) is 6.20 Å². The van der Waals surface area contributed by atoms with Crippen LogP contribution < -0.4 is 10.9 Å². The van der Waals surface area contributed by atoms with E-state index >= 15 is 0 Å². The van der Waals surface area contributed by atoms with Gasteiger partial charge in [-0.25, -0.2) is 0 Å². The van der Waals surface area contributed by atoms with Crippen LogP contribution in [0.5, 0.6) is 0 Å². The van der Waals surface area contributed by atoms with E-state index in [1.54, 1.807) is 35.4 Å². The van der Waals surface area contributed by atoms with Crippen LogP contribution >= 0.6 is 0 Å². The molecule has 1 fully saturated rings. The van der Waals surface area contributed by atoms with Crippen molar-refractivity contribution in [3.05, 3.63) is 72.1 Å². The van der Waals surface area contributed by atoms with Crippen molar-refractivity contribution in [3.8, 4) is 0 Å². The number of rotatable bonds is 4. The Morgan fingerprint density at radius 2 is 1.75 bits per heavy atom. The Balaban J connectivity index is 1.43. The maximum atomic E-state index is 12.3. The molecule has 7 nitrogen and oxygen atoms in total. The van der Waals surface area contributed by atoms with Crippen LogP contribution in [0.2, 0.25) is 0 Å². The smallest absolute Gasteiger partial charge is 0.271 e. The second kappa shape index (κ2) is 9.45. The van der Waals surface area contributed by atoms with Gasteiger partial charge < -0.3 is 4.90 Å². The predicted octanol–water partition coefficient (Wildman–Crippen LogP) is 1.79. The van der Waals surface area contributed by atoms with Gasteiger partial charge in [-0.1, -0.05) is 30.3 Å². The van der Waals surface area contributed by atoms with Crippen LogP contribution in [0, 0.1) is 5.92 Å². The minimum absolute atomic E-state index is 0.0624. The third-order valence-corrected chi connectivity index (χ3v) is 4.62. The Bertz CT molecular complexity index is 844. The normalized spacial score (nSPS) is 14.6. The first-order chi connectivity index (χ1) is 13.6. The van der Waals surface area contributed by atoms with Gasteiger partial charge in [-0.2, -0.15) is 0 Å². The van der Waals surface area contributed by atoms with Crippen molar-refractivity contribution in [2.24, 2.45) is 5.92 Å². The summed E-state index contributed by atoms with van der Waals surface area (Å²) < 4.78 is 0. The molecule has 0 saturated carbocycles. The number of hydrazine groups is 1. The van der Waals surface area contributed by atoms with Crippen molar-refractivity contribution >= 4 is 23.8 Å². The Morgan fingerprint density at radius 1 is 1.00 bits per heavy atom. The molecule has 0 unspecified atom stereocenters. The van der Waals surface area contributed by atoms with Crippen molar-refractivity contribution in [3.63, 3.8) is 0 Å². The zero-order valence-electron chi connectivity index (χ0n) is 15.4. The van der Waals surface area contributed by atoms with Crippen molar-refractivity contribution in [1.29, 1.82) is 0 Å². The molecule has 0 spiro atoms. The number of hydrogen-bond donors (Lipinski definition) is 2. The van der Waals surface area contributed by atoms with E-state index in [0.29, 0.717) is 31.5 Å². The molecule has 2 N–H and O–H groups in total. The Morgan fingerprint density at radius 3 is 2.43 bits per heavy atom. The average molecular weight is 378 g/mol. The molecule has 1 aromatic heterocycles. The molecule has 0 bridgehead atoms. The largest absolute Gasteiger partial charge is 0.339 e. The fraction of sp³-hybridized carbons (Fsp3) is 0.238. The lowest BCUT2D eigenvalue weighted by molar-refractivity contribution is -0.132. The average Bonchev–Trinajstić information content (AvgIpc) is 2.77. The second-order valence-electron chi connectivity index (χ2n) is 6.53. The molecule has 0 atom stereocenters. The van der Waals surface area contributed by atoms with Crippen molar-refractivity contribution in [1.82, 2.24) is 20.7 Å². The zero-order chi connectivity index (χ0) is 19.8. The maximum Gasteiger partial charge on any atom is 0.271 e. The summed E-state index contributed by atoms with van der Waals surface area (Å²) in [6.07, 6.45) is 7.45. The standard InChI is InChI=1S/C21H22N4O3/c26-19(9-8-16-5-2-1-3-6-16)25-13-10-17(11-14-25)20(27)23-24-21(28)18-7-4-12-22-15-18/h1-9,12,15,17H,10-11,13-14H2,(H,23,27)(H,24,28)/b9-8+. The number of benzene rings is 1. The van der Waals surface area contributed by atoms with Gasteiger partial charge in [0.1, 0.15) is 0 Å². The molecule has 3 amide bonds. The summed E-state index contributed by atoms with van der Waals surface area (Å²) in [7, 11) is 0. The van der Waals surface area contributed by atoms with Crippen molar-refractivity contribution in [2.45, 2.75) is 12.8 Å². The molecule has 28 heavy (non-hydrogen) atoms. The first-order valence-corrected chi connectivity index (χ1v) is 9.16. The highest BCUT2D eigenvalue weighted by Gasteiger charge is 2.26. The SMILES string of the molecule is O=C(NNC(=O)C1CCN(C(=O)/C=C/c2ccccc2)CC1)c1cccnc1. The summed E-state index contributed by atoms with van der Waals surface area (Å²) in [6.45, 7) is 1.01. The van der Waals surface area contributed by atoms with E-state index in [2.05, 4.69) is 15.8 Å². The van der Waals surface area contributed by atoms with Gasteiger partial charge in [0.25, 0.3) is 5.91 Å². The molecule has 7 heteroatoms. The molecular weight excluding hydrogens is 356 g/mol. The summed E-state index contributed by atoms with van der Waals surface area (Å²) in [5.41, 5.74) is 6.19. The molecule has 1 aromatic carbocycles. The fourth-order valence-electron chi connectivity index (χ4n) is 2.99. The molecule has 2 heterocycles. The first-order valence-electron chi connectivity index (χ1n) is 9.16. The number of hydrogen-bond acceptors (Lipinski definition) is 4. The maximum absolute atomic E-state index is 12.3. The molecule has 0 radical (unpaired) electrons. The Hall–Kier alpha value is -3.48. The summed E-state index contributed by atoms with van der Waals surface area (Å²) in [5, 5.41) is 0. The molecule has 1 aliphatic rings. The lowest BCUT2D eigenvalue weighted by Crippen LogP contribution is -2.48. The third kappa shape index (κ3) is 5.26. The monoisotopic (exact) mass is 378 g/mol. The lowest BCUT2D eigenvalue weighted by atomic mass is 9.96. The Kier molecular flexibility index (Phi) is 6.51. The molecule has 144 valence electrons. The zero-order valence-corrected chi connectivity index (χ0v) is 15.4. The number of nitrogens with one attached hydrogen (secondary N) is 2. The fourth-order valence-corrected chi connectivity index (χ4v) is 2.99. The minimum atomic E-state index is -0.417. The van der Waals surface area contributed by atoms with E-state index in [-0.39, 0.29) is 17.7 Å². The van der Waals surface area contributed by atoms with Gasteiger partial charge in [0.15, 0.2) is 0 Å². The van der Waals surface area contributed by atoms with Crippen LogP contribution in [0.15, 0.2) is 60.9 Å². The highest BCUT2D eigenvalue weighted by molar-refractivity contribution is 5.95. The summed E-state index contributed by atoms with van der Waals surface area (Å²) in [5.74, 6) is -0.965. The van der Waals surface area contributed by atoms with Gasteiger partial charge in [-0.15, -0.1) is 0 Å². The number of amides is 3. The van der Waals surface area contributed by atoms with Crippen molar-refractivity contribution in [2.75, 3.05) is 13.1 Å². The topological polar surface area (TPSA) is 91.4 Å². The molecule has 0 aliphatic carbocycles. The van der Waals surface area contributed by atoms with E-state index in [1.807, 2.05) is 30.3 Å². The predicted molar refractivity (Wildman–Crippen MR) is 105 cm³/mol. The number of likely N-dealkylation sites (tertiary alicyclic amines) is 1. The van der Waals surface area contributed by atoms with Crippen LogP contribution in [-0.4, -0.2) is 40.7 Å². The number of aromatic nitrogens is 1. The molecule has 3 rings (SSSR count). The second-order valence-corrected chi connectivity index (χ2v) is 6.53. The number of piperidine rings is 1. The molecule has 2 aromatic rings. The van der Waals surface area contributed by atoms with Crippen LogP contribution in [0.1, 0.15) is 28.8 Å². The highest BCUT2D eigenvalue weighted by Crippen LogP contribution is 2.17. The van der Waals surface area contributed by atoms with Crippen LogP contribution in [0.4, 0.5) is 0 Å². The number of pyridine rings is 1. The number of carbonyl (C=O) groups excluding carboxylic acids is 3. The van der Waals surface area contributed by atoms with Crippen LogP contribution in [0.25, 0.3) is 6.08 Å². The van der Waals surface area contributed by atoms with Gasteiger partial charge in [0, 0.05) is 37.5 Å². The van der Waals surface area contributed by atoms with E-state index in [0.717, 1.165) is 5.56 Å². The van der Waals surface area contributed by atoms with Crippen LogP contribution in [-0.2, 0) is 9.59 Å². The van der Waals surface area contributed by atoms with E-state index in [9.17, 15) is 14.4 Å². The number of nitrogens with zero attached hydrogens (tertiary/aromatic N) is 2. The minimum Gasteiger partial charge on any atom is -0.339 e. The van der Waals surface area contributed by atoms with Gasteiger partial charge in [0.2, 0.25) is 11.8 Å². The quantitative estimate of drug-likeness (QED) is 0.627. The number of carbonyl (C=O) groups is 3. The summed E-state index contributed by atoms with van der Waals surface area (Å²) in [4.78, 5) is 42.1. The summed E-state index contributed by atoms with van der Waals surface area (Å²) in [6, 6.07) is 12.9. The van der Waals surface area contributed by atoms with Gasteiger partial charge in [-0.3, -0.25) is 30.2 Å². The first kappa shape index (κ1) is 19.3. The molecule has 1 saturated heterocycles. The van der Waals surface area contributed by atoms with E-state index in [4.69, 9.17) is 0 Å². The molecule has 1 aliphatic heterocycles. The molecular formula is C21H22N4O3. The van der Waals surface area contributed by atoms with Gasteiger partial charge in [0.05, 0.1) is 5.56 Å². The van der Waals surface area contributed by atoms with E-state index < -0.39 is 5.91 Å².